The van der Waals surface area contributed by atoms with Crippen LogP contribution in [0.4, 0.5) is 4.39 Å². The second-order valence-electron chi connectivity index (χ2n) is 6.39. The molecule has 1 aliphatic rings. The Balaban J connectivity index is 1.55. The van der Waals surface area contributed by atoms with E-state index in [-0.39, 0.29) is 5.82 Å². The Morgan fingerprint density at radius 2 is 1.70 bits per heavy atom. The van der Waals surface area contributed by atoms with E-state index in [9.17, 15) is 22.4 Å². The number of benzene rings is 1. The number of carbonyl (C=O) groups excluding carboxylic acids is 2. The van der Waals surface area contributed by atoms with Gasteiger partial charge in [0.1, 0.15) is 11.6 Å². The minimum atomic E-state index is -3.50. The maximum Gasteiger partial charge on any atom is 0.279 e. The van der Waals surface area contributed by atoms with Gasteiger partial charge in [0.25, 0.3) is 11.8 Å². The maximum absolute atomic E-state index is 13.0. The lowest BCUT2D eigenvalue weighted by Crippen LogP contribution is -2.44. The van der Waals surface area contributed by atoms with Gasteiger partial charge < -0.3 is 0 Å². The van der Waals surface area contributed by atoms with Gasteiger partial charge in [-0.2, -0.15) is 0 Å². The quantitative estimate of drug-likeness (QED) is 0.742. The number of halogens is 1. The number of hydrogen-bond acceptors (Lipinski definition) is 5. The second-order valence-corrected chi connectivity index (χ2v) is 9.75. The average molecular weight is 410 g/mol. The van der Waals surface area contributed by atoms with Crippen molar-refractivity contribution in [3.8, 4) is 10.4 Å². The van der Waals surface area contributed by atoms with Gasteiger partial charge in [0.15, 0.2) is 9.84 Å². The zero-order valence-electron chi connectivity index (χ0n) is 14.4. The molecule has 144 valence electrons. The molecule has 27 heavy (non-hydrogen) atoms. The Hall–Kier alpha value is -2.26. The van der Waals surface area contributed by atoms with Crippen LogP contribution in [0.1, 0.15) is 35.4 Å². The van der Waals surface area contributed by atoms with E-state index in [1.165, 1.54) is 23.5 Å². The molecule has 0 bridgehead atoms. The van der Waals surface area contributed by atoms with Gasteiger partial charge in [-0.3, -0.25) is 20.4 Å². The summed E-state index contributed by atoms with van der Waals surface area (Å²) in [5.74, 6) is -2.28. The number of rotatable bonds is 5. The van der Waals surface area contributed by atoms with Crippen LogP contribution in [0.5, 0.6) is 0 Å². The highest BCUT2D eigenvalue weighted by atomic mass is 32.2. The summed E-state index contributed by atoms with van der Waals surface area (Å²) in [7, 11) is -3.50. The first-order valence-electron chi connectivity index (χ1n) is 8.52. The monoisotopic (exact) mass is 410 g/mol. The van der Waals surface area contributed by atoms with E-state index in [0.29, 0.717) is 17.7 Å². The Labute approximate surface area is 160 Å². The smallest absolute Gasteiger partial charge is 0.272 e. The van der Waals surface area contributed by atoms with Crippen LogP contribution in [0.2, 0.25) is 0 Å². The van der Waals surface area contributed by atoms with Gasteiger partial charge >= 0.3 is 0 Å². The fourth-order valence-electron chi connectivity index (χ4n) is 3.00. The molecule has 1 fully saturated rings. The van der Waals surface area contributed by atoms with Gasteiger partial charge in [-0.25, -0.2) is 12.8 Å². The fraction of sp³-hybridized carbons (Fsp3) is 0.333. The van der Waals surface area contributed by atoms with Crippen LogP contribution in [-0.4, -0.2) is 31.2 Å². The fourth-order valence-corrected chi connectivity index (χ4v) is 5.63. The van der Waals surface area contributed by atoms with Gasteiger partial charge in [-0.15, -0.1) is 11.3 Å². The molecule has 9 heteroatoms. The predicted octanol–water partition coefficient (Wildman–Crippen LogP) is 2.67. The molecule has 2 aromatic rings. The first-order valence-corrected chi connectivity index (χ1v) is 11.0. The Morgan fingerprint density at radius 1 is 1.04 bits per heavy atom. The van der Waals surface area contributed by atoms with E-state index >= 15 is 0 Å². The highest BCUT2D eigenvalue weighted by Crippen LogP contribution is 2.28. The standard InChI is InChI=1S/C18H19FN2O4S2/c19-13-7-5-12(6-8-13)15-9-10-16(26-15)18(23)21-20-17(22)11-27(24,25)14-3-1-2-4-14/h5-10,14H,1-4,11H2,(H,20,22)(H,21,23). The lowest BCUT2D eigenvalue weighted by atomic mass is 10.2. The Kier molecular flexibility index (Phi) is 5.91. The van der Waals surface area contributed by atoms with Crippen molar-refractivity contribution < 1.29 is 22.4 Å². The number of hydrazine groups is 1. The molecule has 6 nitrogen and oxygen atoms in total. The summed E-state index contributed by atoms with van der Waals surface area (Å²) in [5.41, 5.74) is 5.16. The number of hydrogen-bond donors (Lipinski definition) is 2. The summed E-state index contributed by atoms with van der Waals surface area (Å²) in [4.78, 5) is 25.1. The third-order valence-corrected chi connectivity index (χ3v) is 7.70. The Bertz CT molecular complexity index is 933. The highest BCUT2D eigenvalue weighted by Gasteiger charge is 2.30. The minimum absolute atomic E-state index is 0.341. The van der Waals surface area contributed by atoms with Gasteiger partial charge in [0, 0.05) is 4.88 Å². The van der Waals surface area contributed by atoms with Crippen LogP contribution >= 0.6 is 11.3 Å². The van der Waals surface area contributed by atoms with Crippen molar-refractivity contribution >= 4 is 33.0 Å². The van der Waals surface area contributed by atoms with E-state index < -0.39 is 32.7 Å². The van der Waals surface area contributed by atoms with Crippen LogP contribution in [-0.2, 0) is 14.6 Å². The van der Waals surface area contributed by atoms with Crippen molar-refractivity contribution in [3.05, 3.63) is 47.1 Å². The van der Waals surface area contributed by atoms with Gasteiger partial charge in [0.05, 0.1) is 10.1 Å². The largest absolute Gasteiger partial charge is 0.279 e. The van der Waals surface area contributed by atoms with Crippen LogP contribution in [0.25, 0.3) is 10.4 Å². The normalized spacial score (nSPS) is 14.9. The predicted molar refractivity (Wildman–Crippen MR) is 101 cm³/mol. The van der Waals surface area contributed by atoms with E-state index in [1.807, 2.05) is 0 Å². The number of sulfone groups is 1. The molecular weight excluding hydrogens is 391 g/mol. The molecule has 1 aromatic carbocycles. The highest BCUT2D eigenvalue weighted by molar-refractivity contribution is 7.92. The average Bonchev–Trinajstić information content (AvgIpc) is 3.32. The molecule has 3 rings (SSSR count). The molecular formula is C18H19FN2O4S2. The van der Waals surface area contributed by atoms with E-state index in [1.54, 1.807) is 24.3 Å². The van der Waals surface area contributed by atoms with Crippen LogP contribution in [0, 0.1) is 5.82 Å². The molecule has 1 aliphatic carbocycles. The zero-order valence-corrected chi connectivity index (χ0v) is 16.0. The molecule has 0 atom stereocenters. The maximum atomic E-state index is 13.0. The molecule has 0 unspecified atom stereocenters. The van der Waals surface area contributed by atoms with Gasteiger partial charge in [-0.05, 0) is 42.7 Å². The number of nitrogens with one attached hydrogen (secondary N) is 2. The summed E-state index contributed by atoms with van der Waals surface area (Å²) in [5, 5.41) is -0.463. The lowest BCUT2D eigenvalue weighted by molar-refractivity contribution is -0.119. The molecule has 0 radical (unpaired) electrons. The molecule has 2 N–H and O–H groups in total. The van der Waals surface area contributed by atoms with Crippen molar-refractivity contribution in [2.75, 3.05) is 5.75 Å². The van der Waals surface area contributed by atoms with Gasteiger partial charge in [0.2, 0.25) is 0 Å². The lowest BCUT2D eigenvalue weighted by Gasteiger charge is -2.11. The molecule has 0 aliphatic heterocycles. The summed E-state index contributed by atoms with van der Waals surface area (Å²) in [6, 6.07) is 9.19. The topological polar surface area (TPSA) is 92.3 Å². The second kappa shape index (κ2) is 8.18. The SMILES string of the molecule is O=C(CS(=O)(=O)C1CCCC1)NNC(=O)c1ccc(-c2ccc(F)cc2)s1. The molecule has 2 amide bonds. The van der Waals surface area contributed by atoms with E-state index in [2.05, 4.69) is 10.9 Å². The zero-order chi connectivity index (χ0) is 19.4. The van der Waals surface area contributed by atoms with Crippen molar-refractivity contribution in [3.63, 3.8) is 0 Å². The molecule has 0 saturated heterocycles. The summed E-state index contributed by atoms with van der Waals surface area (Å²) >= 11 is 1.18. The molecule has 0 spiro atoms. The third-order valence-electron chi connectivity index (χ3n) is 4.42. The van der Waals surface area contributed by atoms with Gasteiger partial charge in [-0.1, -0.05) is 25.0 Å². The number of carbonyl (C=O) groups is 2. The molecule has 1 heterocycles. The van der Waals surface area contributed by atoms with Crippen LogP contribution in [0.15, 0.2) is 36.4 Å². The number of amides is 2. The number of thiophene rings is 1. The van der Waals surface area contributed by atoms with Crippen LogP contribution < -0.4 is 10.9 Å². The summed E-state index contributed by atoms with van der Waals surface area (Å²) in [6.45, 7) is 0. The third kappa shape index (κ3) is 4.92. The van der Waals surface area contributed by atoms with Crippen LogP contribution in [0.3, 0.4) is 0 Å². The van der Waals surface area contributed by atoms with Crippen molar-refractivity contribution in [2.24, 2.45) is 0 Å². The molecule has 1 aromatic heterocycles. The summed E-state index contributed by atoms with van der Waals surface area (Å²) < 4.78 is 37.3. The van der Waals surface area contributed by atoms with Crippen molar-refractivity contribution in [2.45, 2.75) is 30.9 Å². The van der Waals surface area contributed by atoms with Crippen molar-refractivity contribution in [1.82, 2.24) is 10.9 Å². The van der Waals surface area contributed by atoms with E-state index in [0.717, 1.165) is 23.3 Å². The van der Waals surface area contributed by atoms with Crippen molar-refractivity contribution in [1.29, 1.82) is 0 Å². The Morgan fingerprint density at radius 3 is 2.37 bits per heavy atom. The first-order chi connectivity index (χ1) is 12.8. The molecule has 1 saturated carbocycles. The first kappa shape index (κ1) is 19.5. The minimum Gasteiger partial charge on any atom is -0.272 e. The van der Waals surface area contributed by atoms with E-state index in [4.69, 9.17) is 0 Å². The summed E-state index contributed by atoms with van der Waals surface area (Å²) in [6.07, 6.45) is 2.89.